The third-order valence-electron chi connectivity index (χ3n) is 5.98. The number of esters is 2. The average Bonchev–Trinajstić information content (AvgIpc) is 2.92. The number of nitrogens with zero attached hydrogens (tertiary/aromatic N) is 1. The molecule has 0 unspecified atom stereocenters. The number of aliphatic hydroxyl groups excluding tert-OH is 3. The Balaban J connectivity index is 1.98. The molecule has 0 aliphatic carbocycles. The lowest BCUT2D eigenvalue weighted by atomic mass is 9.89. The average molecular weight is 579 g/mol. The van der Waals surface area contributed by atoms with Crippen LogP contribution in [0.15, 0.2) is 59.5 Å². The predicted octanol–water partition coefficient (Wildman–Crippen LogP) is 1.07. The number of ether oxygens (including phenoxy) is 3. The van der Waals surface area contributed by atoms with Crippen molar-refractivity contribution in [3.8, 4) is 0 Å². The van der Waals surface area contributed by atoms with Gasteiger partial charge in [-0.3, -0.25) is 19.7 Å². The first-order chi connectivity index (χ1) is 18.9. The maximum atomic E-state index is 13.6. The molecule has 3 rings (SSSR count). The van der Waals surface area contributed by atoms with Gasteiger partial charge in [-0.25, -0.2) is 4.79 Å². The van der Waals surface area contributed by atoms with Crippen LogP contribution < -0.4 is 5.32 Å². The SMILES string of the molecule is CC(=O)N[C@H]1[C@H]([C@H](O)[C@H](O)COC(C)=O)O[C@@](Sc2ccc([N+](=O)[O-])cc2)(C(=O)OCc2ccccc2)C[C@@H]1O. The number of amides is 1. The van der Waals surface area contributed by atoms with Gasteiger partial charge in [-0.15, -0.1) is 0 Å². The Morgan fingerprint density at radius 2 is 1.77 bits per heavy atom. The molecule has 1 aliphatic heterocycles. The minimum Gasteiger partial charge on any atom is -0.463 e. The van der Waals surface area contributed by atoms with Crippen LogP contribution in [0.5, 0.6) is 0 Å². The maximum absolute atomic E-state index is 13.6. The van der Waals surface area contributed by atoms with E-state index in [9.17, 15) is 39.8 Å². The number of thioether (sulfide) groups is 1. The summed E-state index contributed by atoms with van der Waals surface area (Å²) in [6, 6.07) is 12.7. The molecule has 0 bridgehead atoms. The summed E-state index contributed by atoms with van der Waals surface area (Å²) in [5, 5.41) is 46.2. The number of nitro groups is 1. The molecule has 40 heavy (non-hydrogen) atoms. The van der Waals surface area contributed by atoms with E-state index in [0.717, 1.165) is 18.7 Å². The lowest BCUT2D eigenvalue weighted by Gasteiger charge is -2.47. The van der Waals surface area contributed by atoms with Crippen molar-refractivity contribution in [2.45, 2.75) is 67.2 Å². The Morgan fingerprint density at radius 3 is 2.35 bits per heavy atom. The molecule has 0 radical (unpaired) electrons. The molecule has 1 amide bonds. The van der Waals surface area contributed by atoms with E-state index in [2.05, 4.69) is 5.32 Å². The molecule has 0 aromatic heterocycles. The molecule has 2 aromatic rings. The van der Waals surface area contributed by atoms with Gasteiger partial charge in [0.1, 0.15) is 31.5 Å². The fraction of sp³-hybridized carbons (Fsp3) is 0.423. The fourth-order valence-corrected chi connectivity index (χ4v) is 5.28. The summed E-state index contributed by atoms with van der Waals surface area (Å²) < 4.78 is 16.4. The van der Waals surface area contributed by atoms with Crippen LogP contribution in [0.2, 0.25) is 0 Å². The van der Waals surface area contributed by atoms with E-state index in [0.29, 0.717) is 10.5 Å². The van der Waals surface area contributed by atoms with Gasteiger partial charge in [0.2, 0.25) is 10.8 Å². The topological polar surface area (TPSA) is 195 Å². The third-order valence-corrected chi connectivity index (χ3v) is 7.25. The summed E-state index contributed by atoms with van der Waals surface area (Å²) in [5.41, 5.74) is 0.467. The van der Waals surface area contributed by atoms with Crippen molar-refractivity contribution in [2.24, 2.45) is 0 Å². The Bertz CT molecular complexity index is 1200. The minimum absolute atomic E-state index is 0.154. The number of hydrogen-bond acceptors (Lipinski definition) is 12. The van der Waals surface area contributed by atoms with Crippen molar-refractivity contribution in [1.82, 2.24) is 5.32 Å². The Hall–Kier alpha value is -3.56. The van der Waals surface area contributed by atoms with Crippen LogP contribution in [-0.2, 0) is 35.2 Å². The smallest absolute Gasteiger partial charge is 0.349 e. The summed E-state index contributed by atoms with van der Waals surface area (Å²) in [4.78, 5) is 45.5. The highest BCUT2D eigenvalue weighted by Crippen LogP contribution is 2.45. The zero-order valence-corrected chi connectivity index (χ0v) is 22.5. The molecular formula is C26H30N2O11S. The van der Waals surface area contributed by atoms with Gasteiger partial charge in [0.15, 0.2) is 0 Å². The van der Waals surface area contributed by atoms with Crippen molar-refractivity contribution < 1.29 is 48.8 Å². The molecule has 1 saturated heterocycles. The first-order valence-electron chi connectivity index (χ1n) is 12.2. The van der Waals surface area contributed by atoms with Crippen LogP contribution in [-0.4, -0.2) is 80.1 Å². The number of non-ortho nitro benzene ring substituents is 1. The quantitative estimate of drug-likeness (QED) is 0.168. The summed E-state index contributed by atoms with van der Waals surface area (Å²) in [6.45, 7) is 1.50. The highest BCUT2D eigenvalue weighted by atomic mass is 32.2. The van der Waals surface area contributed by atoms with Crippen LogP contribution in [0.4, 0.5) is 5.69 Å². The molecule has 13 nitrogen and oxygen atoms in total. The number of nitrogens with one attached hydrogen (secondary N) is 1. The van der Waals surface area contributed by atoms with Crippen molar-refractivity contribution in [2.75, 3.05) is 6.61 Å². The molecule has 4 N–H and O–H groups in total. The number of nitro benzene ring substituents is 1. The number of carbonyl (C=O) groups is 3. The van der Waals surface area contributed by atoms with E-state index in [4.69, 9.17) is 14.2 Å². The molecule has 14 heteroatoms. The van der Waals surface area contributed by atoms with E-state index in [-0.39, 0.29) is 12.3 Å². The number of benzene rings is 2. The van der Waals surface area contributed by atoms with Crippen LogP contribution in [0.25, 0.3) is 0 Å². The summed E-state index contributed by atoms with van der Waals surface area (Å²) >= 11 is 0.781. The largest absolute Gasteiger partial charge is 0.463 e. The predicted molar refractivity (Wildman–Crippen MR) is 140 cm³/mol. The second kappa shape index (κ2) is 13.7. The molecule has 1 aliphatic rings. The van der Waals surface area contributed by atoms with Gasteiger partial charge < -0.3 is 34.8 Å². The van der Waals surface area contributed by atoms with E-state index in [1.807, 2.05) is 0 Å². The molecule has 1 heterocycles. The number of rotatable bonds is 11. The molecule has 0 saturated carbocycles. The van der Waals surface area contributed by atoms with Crippen molar-refractivity contribution >= 4 is 35.3 Å². The van der Waals surface area contributed by atoms with E-state index >= 15 is 0 Å². The third kappa shape index (κ3) is 7.99. The molecule has 216 valence electrons. The van der Waals surface area contributed by atoms with Gasteiger partial charge in [0.25, 0.3) is 5.69 Å². The summed E-state index contributed by atoms with van der Waals surface area (Å²) in [6.07, 6.45) is -7.03. The van der Waals surface area contributed by atoms with Crippen LogP contribution >= 0.6 is 11.8 Å². The monoisotopic (exact) mass is 578 g/mol. The number of carbonyl (C=O) groups excluding carboxylic acids is 3. The van der Waals surface area contributed by atoms with Gasteiger partial charge in [-0.2, -0.15) is 0 Å². The summed E-state index contributed by atoms with van der Waals surface area (Å²) in [7, 11) is 0. The normalized spacial score (nSPS) is 23.9. The number of aliphatic hydroxyl groups is 3. The second-order valence-corrected chi connectivity index (χ2v) is 10.4. The van der Waals surface area contributed by atoms with E-state index < -0.39 is 71.2 Å². The highest BCUT2D eigenvalue weighted by molar-refractivity contribution is 8.01. The second-order valence-electron chi connectivity index (χ2n) is 9.11. The summed E-state index contributed by atoms with van der Waals surface area (Å²) in [5.74, 6) is -2.24. The lowest BCUT2D eigenvalue weighted by molar-refractivity contribution is -0.384. The van der Waals surface area contributed by atoms with Crippen molar-refractivity contribution in [3.05, 3.63) is 70.3 Å². The zero-order chi connectivity index (χ0) is 29.4. The lowest BCUT2D eigenvalue weighted by Crippen LogP contribution is -2.66. The van der Waals surface area contributed by atoms with Crippen LogP contribution in [0.3, 0.4) is 0 Å². The van der Waals surface area contributed by atoms with Crippen molar-refractivity contribution in [1.29, 1.82) is 0 Å². The van der Waals surface area contributed by atoms with Gasteiger partial charge in [-0.1, -0.05) is 42.1 Å². The first-order valence-corrected chi connectivity index (χ1v) is 13.0. The zero-order valence-electron chi connectivity index (χ0n) is 21.7. The maximum Gasteiger partial charge on any atom is 0.349 e. The van der Waals surface area contributed by atoms with E-state index in [1.165, 1.54) is 31.2 Å². The van der Waals surface area contributed by atoms with Crippen LogP contribution in [0, 0.1) is 10.1 Å². The molecule has 2 aromatic carbocycles. The molecule has 6 atom stereocenters. The Morgan fingerprint density at radius 1 is 1.12 bits per heavy atom. The van der Waals surface area contributed by atoms with Gasteiger partial charge in [-0.05, 0) is 17.7 Å². The minimum atomic E-state index is -2.02. The van der Waals surface area contributed by atoms with Gasteiger partial charge >= 0.3 is 11.9 Å². The van der Waals surface area contributed by atoms with Crippen molar-refractivity contribution in [3.63, 3.8) is 0 Å². The highest BCUT2D eigenvalue weighted by Gasteiger charge is 2.56. The Labute approximate surface area is 233 Å². The van der Waals surface area contributed by atoms with Crippen LogP contribution in [0.1, 0.15) is 25.8 Å². The molecule has 0 spiro atoms. The van der Waals surface area contributed by atoms with E-state index in [1.54, 1.807) is 30.3 Å². The van der Waals surface area contributed by atoms with Gasteiger partial charge in [0.05, 0.1) is 17.1 Å². The standard InChI is InChI=1S/C26H30N2O11S/c1-15(29)27-22-20(31)12-26(25(34)38-13-17-6-4-3-5-7-17,40-19-10-8-18(9-11-19)28(35)36)39-24(22)23(33)21(32)14-37-16(2)30/h3-11,20-24,31-33H,12-14H2,1-2H3,(H,27,29)/t20-,21+,22+,23+,24+,26-/m0/s1. The first kappa shape index (κ1) is 31.0. The number of hydrogen-bond donors (Lipinski definition) is 4. The fourth-order valence-electron chi connectivity index (χ4n) is 4.08. The molecule has 1 fully saturated rings. The van der Waals surface area contributed by atoms with Gasteiger partial charge in [0, 0.05) is 37.3 Å². The Kier molecular flexibility index (Phi) is 10.6. The molecular weight excluding hydrogens is 548 g/mol.